The summed E-state index contributed by atoms with van der Waals surface area (Å²) in [5.41, 5.74) is 1.44. The van der Waals surface area contributed by atoms with Crippen LogP contribution in [0.1, 0.15) is 76.8 Å². The second kappa shape index (κ2) is 5.06. The van der Waals surface area contributed by atoms with E-state index >= 15 is 0 Å². The summed E-state index contributed by atoms with van der Waals surface area (Å²) in [5, 5.41) is 31.6. The van der Waals surface area contributed by atoms with Gasteiger partial charge in [0.15, 0.2) is 11.5 Å². The Balaban J connectivity index is 1.87. The number of hydrogen-bond donors (Lipinski definition) is 3. The molecule has 0 saturated heterocycles. The maximum atomic E-state index is 10.7. The minimum Gasteiger partial charge on any atom is -0.504 e. The van der Waals surface area contributed by atoms with Crippen LogP contribution in [0.5, 0.6) is 17.2 Å². The van der Waals surface area contributed by atoms with Gasteiger partial charge in [0.25, 0.3) is 0 Å². The molecule has 3 nitrogen and oxygen atoms in total. The van der Waals surface area contributed by atoms with Crippen LogP contribution in [-0.4, -0.2) is 15.3 Å². The Labute approximate surface area is 144 Å². The van der Waals surface area contributed by atoms with E-state index in [0.717, 1.165) is 54.6 Å². The average Bonchev–Trinajstić information content (AvgIpc) is 2.51. The Morgan fingerprint density at radius 2 is 1.42 bits per heavy atom. The number of hydrogen-bond acceptors (Lipinski definition) is 3. The summed E-state index contributed by atoms with van der Waals surface area (Å²) in [4.78, 5) is 0. The van der Waals surface area contributed by atoms with Crippen LogP contribution < -0.4 is 0 Å². The van der Waals surface area contributed by atoms with Gasteiger partial charge in [-0.15, -0.1) is 0 Å². The molecule has 0 amide bonds. The van der Waals surface area contributed by atoms with E-state index in [9.17, 15) is 15.3 Å². The van der Waals surface area contributed by atoms with Gasteiger partial charge in [-0.2, -0.15) is 0 Å². The van der Waals surface area contributed by atoms with Crippen LogP contribution in [0.2, 0.25) is 0 Å². The lowest BCUT2D eigenvalue weighted by atomic mass is 9.48. The summed E-state index contributed by atoms with van der Waals surface area (Å²) in [6.07, 6.45) is 8.28. The first kappa shape index (κ1) is 16.1. The molecule has 0 radical (unpaired) electrons. The molecule has 3 heteroatoms. The zero-order valence-electron chi connectivity index (χ0n) is 15.1. The Morgan fingerprint density at radius 1 is 0.917 bits per heavy atom. The molecule has 4 saturated carbocycles. The fourth-order valence-corrected chi connectivity index (χ4v) is 6.20. The molecule has 4 aliphatic carbocycles. The first-order valence-corrected chi connectivity index (χ1v) is 9.54. The van der Waals surface area contributed by atoms with Gasteiger partial charge in [-0.05, 0) is 79.6 Å². The summed E-state index contributed by atoms with van der Waals surface area (Å²) in [7, 11) is 0. The molecule has 4 aliphatic rings. The predicted octanol–water partition coefficient (Wildman–Crippen LogP) is 4.96. The van der Waals surface area contributed by atoms with Crippen molar-refractivity contribution in [3.63, 3.8) is 0 Å². The highest BCUT2D eigenvalue weighted by Gasteiger charge is 2.53. The van der Waals surface area contributed by atoms with Crippen molar-refractivity contribution in [1.82, 2.24) is 0 Å². The molecule has 1 aromatic carbocycles. The number of aromatic hydroxyl groups is 3. The fraction of sp³-hybridized carbons (Fsp3) is 0.714. The third-order valence-corrected chi connectivity index (χ3v) is 7.47. The molecule has 4 fully saturated rings. The lowest BCUT2D eigenvalue weighted by molar-refractivity contribution is -0.00637. The SMILES string of the molecule is CCC(C)(C)c1cc(C23CC4CC(CC(C4)C2)C3)c(O)c(O)c1O. The van der Waals surface area contributed by atoms with Crippen molar-refractivity contribution < 1.29 is 15.3 Å². The lowest BCUT2D eigenvalue weighted by Gasteiger charge is -2.57. The molecular weight excluding hydrogens is 300 g/mol. The van der Waals surface area contributed by atoms with Gasteiger partial charge < -0.3 is 15.3 Å². The quantitative estimate of drug-likeness (QED) is 0.687. The molecule has 0 spiro atoms. The van der Waals surface area contributed by atoms with Gasteiger partial charge in [-0.1, -0.05) is 20.8 Å². The molecule has 132 valence electrons. The van der Waals surface area contributed by atoms with Gasteiger partial charge in [0.1, 0.15) is 0 Å². The van der Waals surface area contributed by atoms with E-state index in [1.807, 2.05) is 6.07 Å². The Kier molecular flexibility index (Phi) is 3.40. The van der Waals surface area contributed by atoms with E-state index in [4.69, 9.17) is 0 Å². The van der Waals surface area contributed by atoms with Crippen molar-refractivity contribution in [2.75, 3.05) is 0 Å². The molecule has 4 bridgehead atoms. The smallest absolute Gasteiger partial charge is 0.200 e. The summed E-state index contributed by atoms with van der Waals surface area (Å²) < 4.78 is 0. The Hall–Kier alpha value is -1.38. The van der Waals surface area contributed by atoms with Crippen LogP contribution in [0.4, 0.5) is 0 Å². The maximum Gasteiger partial charge on any atom is 0.200 e. The van der Waals surface area contributed by atoms with Gasteiger partial charge in [0.2, 0.25) is 5.75 Å². The number of phenols is 3. The fourth-order valence-electron chi connectivity index (χ4n) is 6.20. The first-order valence-electron chi connectivity index (χ1n) is 9.54. The number of rotatable bonds is 3. The molecule has 24 heavy (non-hydrogen) atoms. The highest BCUT2D eigenvalue weighted by atomic mass is 16.3. The zero-order chi connectivity index (χ0) is 17.3. The summed E-state index contributed by atoms with van der Waals surface area (Å²) >= 11 is 0. The first-order chi connectivity index (χ1) is 11.3. The molecule has 0 aromatic heterocycles. The highest BCUT2D eigenvalue weighted by Crippen LogP contribution is 2.63. The minimum atomic E-state index is -0.320. The topological polar surface area (TPSA) is 60.7 Å². The Bertz CT molecular complexity index is 639. The van der Waals surface area contributed by atoms with Crippen molar-refractivity contribution >= 4 is 0 Å². The zero-order valence-corrected chi connectivity index (χ0v) is 15.1. The summed E-state index contributed by atoms with van der Waals surface area (Å²) in [6.45, 7) is 6.26. The molecule has 0 atom stereocenters. The predicted molar refractivity (Wildman–Crippen MR) is 94.6 cm³/mol. The van der Waals surface area contributed by atoms with Gasteiger partial charge in [0.05, 0.1) is 0 Å². The van der Waals surface area contributed by atoms with E-state index in [-0.39, 0.29) is 28.1 Å². The normalized spacial score (nSPS) is 34.7. The number of benzene rings is 1. The van der Waals surface area contributed by atoms with E-state index < -0.39 is 0 Å². The second-order valence-electron chi connectivity index (χ2n) is 9.45. The lowest BCUT2D eigenvalue weighted by Crippen LogP contribution is -2.48. The maximum absolute atomic E-state index is 10.7. The van der Waals surface area contributed by atoms with Gasteiger partial charge >= 0.3 is 0 Å². The minimum absolute atomic E-state index is 0.00256. The van der Waals surface area contributed by atoms with E-state index in [0.29, 0.717) is 0 Å². The van der Waals surface area contributed by atoms with E-state index in [1.165, 1.54) is 19.3 Å². The monoisotopic (exact) mass is 330 g/mol. The van der Waals surface area contributed by atoms with Crippen LogP contribution in [0.15, 0.2) is 6.07 Å². The third-order valence-electron chi connectivity index (χ3n) is 7.47. The van der Waals surface area contributed by atoms with Crippen LogP contribution >= 0.6 is 0 Å². The van der Waals surface area contributed by atoms with Crippen LogP contribution in [0.25, 0.3) is 0 Å². The van der Waals surface area contributed by atoms with Crippen LogP contribution in [0, 0.1) is 17.8 Å². The van der Waals surface area contributed by atoms with Crippen molar-refractivity contribution in [3.8, 4) is 17.2 Å². The van der Waals surface area contributed by atoms with Gasteiger partial charge in [0, 0.05) is 11.1 Å². The van der Waals surface area contributed by atoms with Gasteiger partial charge in [-0.3, -0.25) is 0 Å². The standard InChI is InChI=1S/C21H30O3/c1-4-20(2,3)15-8-16(18(23)19(24)17(15)22)21-9-12-5-13(10-21)7-14(6-12)11-21/h8,12-14,22-24H,4-7,9-11H2,1-3H3. The van der Waals surface area contributed by atoms with Crippen molar-refractivity contribution in [2.24, 2.45) is 17.8 Å². The highest BCUT2D eigenvalue weighted by molar-refractivity contribution is 5.61. The largest absolute Gasteiger partial charge is 0.504 e. The van der Waals surface area contributed by atoms with Crippen molar-refractivity contribution in [2.45, 2.75) is 76.5 Å². The molecule has 0 heterocycles. The van der Waals surface area contributed by atoms with E-state index in [2.05, 4.69) is 20.8 Å². The van der Waals surface area contributed by atoms with Crippen LogP contribution in [-0.2, 0) is 10.8 Å². The molecule has 0 unspecified atom stereocenters. The van der Waals surface area contributed by atoms with E-state index in [1.54, 1.807) is 0 Å². The summed E-state index contributed by atoms with van der Waals surface area (Å²) in [5.74, 6) is 1.77. The third kappa shape index (κ3) is 2.16. The summed E-state index contributed by atoms with van der Waals surface area (Å²) in [6, 6.07) is 2.01. The van der Waals surface area contributed by atoms with Gasteiger partial charge in [-0.25, -0.2) is 0 Å². The molecule has 0 aliphatic heterocycles. The average molecular weight is 330 g/mol. The second-order valence-corrected chi connectivity index (χ2v) is 9.45. The Morgan fingerprint density at radius 3 is 1.88 bits per heavy atom. The molecule has 1 aromatic rings. The van der Waals surface area contributed by atoms with Crippen LogP contribution in [0.3, 0.4) is 0 Å². The van der Waals surface area contributed by atoms with Crippen molar-refractivity contribution in [1.29, 1.82) is 0 Å². The molecular formula is C21H30O3. The van der Waals surface area contributed by atoms with Crippen molar-refractivity contribution in [3.05, 3.63) is 17.2 Å². The number of phenolic OH excluding ortho intramolecular Hbond substituents is 3. The molecule has 3 N–H and O–H groups in total. The molecule has 5 rings (SSSR count).